The molecule has 1 aliphatic heterocycles. The molecule has 2 rings (SSSR count). The normalized spacial score (nSPS) is 18.4. The number of carbonyl (C=O) groups excluding carboxylic acids is 2. The van der Waals surface area contributed by atoms with Gasteiger partial charge in [-0.25, -0.2) is 0 Å². The number of amides is 2. The fourth-order valence-corrected chi connectivity index (χ4v) is 3.58. The smallest absolute Gasteiger partial charge is 0.308 e. The van der Waals surface area contributed by atoms with E-state index in [1.807, 2.05) is 32.9 Å². The zero-order chi connectivity index (χ0) is 18.9. The van der Waals surface area contributed by atoms with Crippen LogP contribution in [0.25, 0.3) is 0 Å². The van der Waals surface area contributed by atoms with Crippen LogP contribution in [0.1, 0.15) is 30.0 Å². The lowest BCUT2D eigenvalue weighted by Gasteiger charge is -2.24. The predicted molar refractivity (Wildman–Crippen MR) is 95.5 cm³/mol. The maximum absolute atomic E-state index is 12.6. The van der Waals surface area contributed by atoms with Crippen molar-refractivity contribution in [2.45, 2.75) is 34.1 Å². The Kier molecular flexibility index (Phi) is 5.50. The van der Waals surface area contributed by atoms with Crippen molar-refractivity contribution in [2.24, 2.45) is 11.8 Å². The Morgan fingerprint density at radius 1 is 1.28 bits per heavy atom. The number of carboxylic acid groups (broad SMARTS) is 1. The highest BCUT2D eigenvalue weighted by Gasteiger charge is 2.37. The monoisotopic (exact) mass is 346 g/mol. The van der Waals surface area contributed by atoms with Crippen LogP contribution >= 0.6 is 0 Å². The van der Waals surface area contributed by atoms with E-state index in [-0.39, 0.29) is 24.8 Å². The molecule has 0 saturated carbocycles. The van der Waals surface area contributed by atoms with Crippen LogP contribution in [0.15, 0.2) is 12.1 Å². The third-order valence-electron chi connectivity index (χ3n) is 4.73. The summed E-state index contributed by atoms with van der Waals surface area (Å²) in [6.07, 6.45) is 0.164. The number of aliphatic carboxylic acids is 1. The van der Waals surface area contributed by atoms with E-state index in [1.54, 1.807) is 18.9 Å². The van der Waals surface area contributed by atoms with Crippen LogP contribution in [-0.4, -0.2) is 47.9 Å². The Morgan fingerprint density at radius 3 is 2.36 bits per heavy atom. The molecule has 0 aliphatic carbocycles. The van der Waals surface area contributed by atoms with E-state index in [0.29, 0.717) is 6.54 Å². The largest absolute Gasteiger partial charge is 0.481 e. The van der Waals surface area contributed by atoms with Gasteiger partial charge >= 0.3 is 5.97 Å². The standard InChI is InChI=1S/C19H26N2O4/c1-11-6-12(2)17(13(3)7-11)21-10-15(8-16(21)22)18(23)20(5)9-14(4)19(24)25/h6-7,14-15H,8-10H2,1-5H3,(H,24,25). The second-order valence-corrected chi connectivity index (χ2v) is 7.11. The number of anilines is 1. The quantitative estimate of drug-likeness (QED) is 0.886. The minimum atomic E-state index is -0.935. The zero-order valence-electron chi connectivity index (χ0n) is 15.5. The number of hydrogen-bond acceptors (Lipinski definition) is 3. The first-order valence-corrected chi connectivity index (χ1v) is 8.47. The maximum atomic E-state index is 12.6. The van der Waals surface area contributed by atoms with Crippen molar-refractivity contribution in [1.82, 2.24) is 4.90 Å². The topological polar surface area (TPSA) is 77.9 Å². The number of carboxylic acids is 1. The van der Waals surface area contributed by atoms with Gasteiger partial charge in [0.2, 0.25) is 11.8 Å². The fourth-order valence-electron chi connectivity index (χ4n) is 3.58. The number of benzene rings is 1. The molecule has 25 heavy (non-hydrogen) atoms. The number of aryl methyl sites for hydroxylation is 3. The molecule has 1 fully saturated rings. The summed E-state index contributed by atoms with van der Waals surface area (Å²) in [5.74, 6) is -2.24. The Hall–Kier alpha value is -2.37. The van der Waals surface area contributed by atoms with Crippen LogP contribution in [0.2, 0.25) is 0 Å². The van der Waals surface area contributed by atoms with Crippen molar-refractivity contribution in [3.05, 3.63) is 28.8 Å². The first-order valence-electron chi connectivity index (χ1n) is 8.47. The van der Waals surface area contributed by atoms with Gasteiger partial charge in [0.05, 0.1) is 11.8 Å². The van der Waals surface area contributed by atoms with E-state index < -0.39 is 17.8 Å². The summed E-state index contributed by atoms with van der Waals surface area (Å²) in [7, 11) is 1.59. The molecule has 0 aromatic heterocycles. The highest BCUT2D eigenvalue weighted by atomic mass is 16.4. The number of hydrogen-bond donors (Lipinski definition) is 1. The summed E-state index contributed by atoms with van der Waals surface area (Å²) in [6.45, 7) is 8.00. The second kappa shape index (κ2) is 7.25. The lowest BCUT2D eigenvalue weighted by atomic mass is 10.0. The van der Waals surface area contributed by atoms with E-state index in [0.717, 1.165) is 22.4 Å². The first kappa shape index (κ1) is 19.0. The van der Waals surface area contributed by atoms with Crippen molar-refractivity contribution in [3.8, 4) is 0 Å². The Labute approximate surface area is 148 Å². The van der Waals surface area contributed by atoms with Gasteiger partial charge in [0.1, 0.15) is 0 Å². The van der Waals surface area contributed by atoms with Gasteiger partial charge < -0.3 is 14.9 Å². The molecule has 2 unspecified atom stereocenters. The molecule has 1 aromatic carbocycles. The van der Waals surface area contributed by atoms with Gasteiger partial charge in [-0.3, -0.25) is 14.4 Å². The van der Waals surface area contributed by atoms with E-state index in [4.69, 9.17) is 5.11 Å². The molecule has 6 nitrogen and oxygen atoms in total. The third kappa shape index (κ3) is 4.00. The van der Waals surface area contributed by atoms with Crippen LogP contribution in [0.4, 0.5) is 5.69 Å². The zero-order valence-corrected chi connectivity index (χ0v) is 15.5. The van der Waals surface area contributed by atoms with Crippen molar-refractivity contribution < 1.29 is 19.5 Å². The SMILES string of the molecule is Cc1cc(C)c(N2CC(C(=O)N(C)CC(C)C(=O)O)CC2=O)c(C)c1. The average Bonchev–Trinajstić information content (AvgIpc) is 2.87. The molecule has 1 N–H and O–H groups in total. The Morgan fingerprint density at radius 2 is 1.84 bits per heavy atom. The van der Waals surface area contributed by atoms with Crippen LogP contribution < -0.4 is 4.90 Å². The molecule has 0 spiro atoms. The summed E-state index contributed by atoms with van der Waals surface area (Å²) in [5.41, 5.74) is 4.06. The molecular weight excluding hydrogens is 320 g/mol. The summed E-state index contributed by atoms with van der Waals surface area (Å²) >= 11 is 0. The summed E-state index contributed by atoms with van der Waals surface area (Å²) in [6, 6.07) is 4.07. The van der Waals surface area contributed by atoms with Crippen molar-refractivity contribution >= 4 is 23.5 Å². The van der Waals surface area contributed by atoms with Gasteiger partial charge in [-0.15, -0.1) is 0 Å². The van der Waals surface area contributed by atoms with Crippen LogP contribution in [-0.2, 0) is 14.4 Å². The maximum Gasteiger partial charge on any atom is 0.308 e. The Balaban J connectivity index is 2.15. The van der Waals surface area contributed by atoms with E-state index in [1.165, 1.54) is 4.90 Å². The molecule has 136 valence electrons. The molecule has 0 radical (unpaired) electrons. The van der Waals surface area contributed by atoms with Crippen molar-refractivity contribution in [2.75, 3.05) is 25.0 Å². The summed E-state index contributed by atoms with van der Waals surface area (Å²) in [4.78, 5) is 39.2. The summed E-state index contributed by atoms with van der Waals surface area (Å²) in [5, 5.41) is 8.99. The molecule has 2 atom stereocenters. The second-order valence-electron chi connectivity index (χ2n) is 7.11. The molecule has 1 aromatic rings. The fraction of sp³-hybridized carbons (Fsp3) is 0.526. The minimum Gasteiger partial charge on any atom is -0.481 e. The molecule has 2 amide bonds. The van der Waals surface area contributed by atoms with Crippen molar-refractivity contribution in [3.63, 3.8) is 0 Å². The van der Waals surface area contributed by atoms with E-state index in [2.05, 4.69) is 0 Å². The lowest BCUT2D eigenvalue weighted by molar-refractivity contribution is -0.143. The molecule has 1 saturated heterocycles. The van der Waals surface area contributed by atoms with Gasteiger partial charge in [0.25, 0.3) is 0 Å². The number of rotatable bonds is 5. The molecule has 6 heteroatoms. The van der Waals surface area contributed by atoms with Gasteiger partial charge in [-0.1, -0.05) is 24.6 Å². The van der Waals surface area contributed by atoms with E-state index >= 15 is 0 Å². The average molecular weight is 346 g/mol. The van der Waals surface area contributed by atoms with Crippen LogP contribution in [0.5, 0.6) is 0 Å². The summed E-state index contributed by atoms with van der Waals surface area (Å²) < 4.78 is 0. The van der Waals surface area contributed by atoms with Gasteiger partial charge in [-0.05, 0) is 31.9 Å². The first-order chi connectivity index (χ1) is 11.6. The number of carbonyl (C=O) groups is 3. The molecule has 0 bridgehead atoms. The molecular formula is C19H26N2O4. The molecule has 1 heterocycles. The van der Waals surface area contributed by atoms with Crippen LogP contribution in [0, 0.1) is 32.6 Å². The van der Waals surface area contributed by atoms with Crippen molar-refractivity contribution in [1.29, 1.82) is 0 Å². The third-order valence-corrected chi connectivity index (χ3v) is 4.73. The minimum absolute atomic E-state index is 0.0620. The van der Waals surface area contributed by atoms with E-state index in [9.17, 15) is 14.4 Å². The van der Waals surface area contributed by atoms with Gasteiger partial charge in [0, 0.05) is 32.2 Å². The highest BCUT2D eigenvalue weighted by molar-refractivity contribution is 6.01. The predicted octanol–water partition coefficient (Wildman–Crippen LogP) is 2.14. The Bertz CT molecular complexity index is 690. The molecule has 1 aliphatic rings. The number of nitrogens with zero attached hydrogens (tertiary/aromatic N) is 2. The van der Waals surface area contributed by atoms with Gasteiger partial charge in [-0.2, -0.15) is 0 Å². The van der Waals surface area contributed by atoms with Gasteiger partial charge in [0.15, 0.2) is 0 Å². The highest BCUT2D eigenvalue weighted by Crippen LogP contribution is 2.32. The lowest BCUT2D eigenvalue weighted by Crippen LogP contribution is -2.38. The van der Waals surface area contributed by atoms with Crippen LogP contribution in [0.3, 0.4) is 0 Å².